The van der Waals surface area contributed by atoms with Crippen LogP contribution in [0.4, 0.5) is 0 Å². The molecule has 1 radical (unpaired) electrons. The lowest BCUT2D eigenvalue weighted by atomic mass is 10.00. The van der Waals surface area contributed by atoms with Gasteiger partial charge in [0.15, 0.2) is 0 Å². The number of nitrogens with zero attached hydrogens (tertiary/aromatic N) is 1. The lowest BCUT2D eigenvalue weighted by molar-refractivity contribution is 0.354. The van der Waals surface area contributed by atoms with Crippen LogP contribution in [0.2, 0.25) is 0 Å². The summed E-state index contributed by atoms with van der Waals surface area (Å²) in [5, 5.41) is 4.40. The summed E-state index contributed by atoms with van der Waals surface area (Å²) in [6.07, 6.45) is 3.79. The van der Waals surface area contributed by atoms with E-state index < -0.39 is 0 Å². The monoisotopic (exact) mass is 127 g/mol. The first-order chi connectivity index (χ1) is 4.30. The van der Waals surface area contributed by atoms with Crippen LogP contribution in [0.15, 0.2) is 0 Å². The SMILES string of the molecule is CC(N)C1CCCC[N]1. The molecule has 2 heteroatoms. The van der Waals surface area contributed by atoms with Gasteiger partial charge in [-0.2, -0.15) is 0 Å². The number of hydrogen-bond donors (Lipinski definition) is 1. The molecule has 1 rings (SSSR count). The quantitative estimate of drug-likeness (QED) is 0.547. The Morgan fingerprint density at radius 2 is 2.33 bits per heavy atom. The first-order valence-electron chi connectivity index (χ1n) is 3.73. The molecular weight excluding hydrogens is 112 g/mol. The van der Waals surface area contributed by atoms with Crippen molar-refractivity contribution in [2.24, 2.45) is 5.73 Å². The van der Waals surface area contributed by atoms with Gasteiger partial charge >= 0.3 is 0 Å². The fourth-order valence-corrected chi connectivity index (χ4v) is 1.24. The van der Waals surface area contributed by atoms with Crippen LogP contribution in [0.25, 0.3) is 0 Å². The van der Waals surface area contributed by atoms with Crippen molar-refractivity contribution in [2.75, 3.05) is 6.54 Å². The Morgan fingerprint density at radius 3 is 2.67 bits per heavy atom. The van der Waals surface area contributed by atoms with E-state index in [1.807, 2.05) is 6.92 Å². The van der Waals surface area contributed by atoms with E-state index in [4.69, 9.17) is 5.73 Å². The minimum Gasteiger partial charge on any atom is -0.326 e. The lowest BCUT2D eigenvalue weighted by Gasteiger charge is -2.24. The van der Waals surface area contributed by atoms with Crippen molar-refractivity contribution in [1.29, 1.82) is 0 Å². The summed E-state index contributed by atoms with van der Waals surface area (Å²) in [5.74, 6) is 0. The largest absolute Gasteiger partial charge is 0.326 e. The minimum absolute atomic E-state index is 0.269. The van der Waals surface area contributed by atoms with Crippen molar-refractivity contribution >= 4 is 0 Å². The molecule has 0 saturated carbocycles. The Hall–Kier alpha value is -0.0800. The predicted octanol–water partition coefficient (Wildman–Crippen LogP) is 0.490. The van der Waals surface area contributed by atoms with E-state index in [-0.39, 0.29) is 6.04 Å². The zero-order valence-corrected chi connectivity index (χ0v) is 6.01. The number of hydrogen-bond acceptors (Lipinski definition) is 1. The van der Waals surface area contributed by atoms with Crippen LogP contribution in [0.1, 0.15) is 26.2 Å². The van der Waals surface area contributed by atoms with Gasteiger partial charge in [0.2, 0.25) is 0 Å². The topological polar surface area (TPSA) is 40.1 Å². The summed E-state index contributed by atoms with van der Waals surface area (Å²) >= 11 is 0. The number of nitrogens with two attached hydrogens (primary N) is 1. The summed E-state index contributed by atoms with van der Waals surface area (Å²) in [4.78, 5) is 0. The van der Waals surface area contributed by atoms with Crippen molar-refractivity contribution < 1.29 is 0 Å². The van der Waals surface area contributed by atoms with Crippen LogP contribution < -0.4 is 11.1 Å². The summed E-state index contributed by atoms with van der Waals surface area (Å²) in [6, 6.07) is 0.726. The molecule has 0 aromatic carbocycles. The highest BCUT2D eigenvalue weighted by Crippen LogP contribution is 2.09. The van der Waals surface area contributed by atoms with Crippen LogP contribution in [0.5, 0.6) is 0 Å². The molecule has 0 aromatic rings. The second-order valence-corrected chi connectivity index (χ2v) is 2.83. The van der Waals surface area contributed by atoms with Gasteiger partial charge in [-0.25, -0.2) is 5.32 Å². The third kappa shape index (κ3) is 1.95. The van der Waals surface area contributed by atoms with Gasteiger partial charge in [-0.1, -0.05) is 6.42 Å². The van der Waals surface area contributed by atoms with Crippen LogP contribution in [0, 0.1) is 0 Å². The molecule has 0 spiro atoms. The minimum atomic E-state index is 0.269. The Balaban J connectivity index is 2.23. The first-order valence-corrected chi connectivity index (χ1v) is 3.73. The molecule has 0 bridgehead atoms. The average molecular weight is 127 g/mol. The fourth-order valence-electron chi connectivity index (χ4n) is 1.24. The molecule has 2 N–H and O–H groups in total. The Morgan fingerprint density at radius 1 is 1.56 bits per heavy atom. The lowest BCUT2D eigenvalue weighted by Crippen LogP contribution is -2.41. The van der Waals surface area contributed by atoms with Crippen molar-refractivity contribution in [3.05, 3.63) is 0 Å². The number of piperidine rings is 1. The fraction of sp³-hybridized carbons (Fsp3) is 1.00. The molecule has 0 amide bonds. The summed E-state index contributed by atoms with van der Waals surface area (Å²) in [5.41, 5.74) is 5.67. The second-order valence-electron chi connectivity index (χ2n) is 2.83. The van der Waals surface area contributed by atoms with Gasteiger partial charge in [-0.05, 0) is 19.8 Å². The normalized spacial score (nSPS) is 32.0. The van der Waals surface area contributed by atoms with E-state index in [1.54, 1.807) is 0 Å². The molecular formula is C7H15N2. The maximum Gasteiger partial charge on any atom is 0.0394 e. The van der Waals surface area contributed by atoms with E-state index >= 15 is 0 Å². The van der Waals surface area contributed by atoms with Crippen LogP contribution >= 0.6 is 0 Å². The molecule has 0 aromatic heterocycles. The molecule has 1 saturated heterocycles. The zero-order valence-electron chi connectivity index (χ0n) is 6.01. The van der Waals surface area contributed by atoms with Crippen molar-refractivity contribution in [1.82, 2.24) is 5.32 Å². The average Bonchev–Trinajstić information content (AvgIpc) is 1.90. The van der Waals surface area contributed by atoms with Crippen molar-refractivity contribution in [3.8, 4) is 0 Å². The maximum absolute atomic E-state index is 5.67. The van der Waals surface area contributed by atoms with E-state index in [0.717, 1.165) is 6.54 Å². The van der Waals surface area contributed by atoms with Crippen molar-refractivity contribution in [2.45, 2.75) is 38.3 Å². The third-order valence-corrected chi connectivity index (χ3v) is 1.88. The molecule has 9 heavy (non-hydrogen) atoms. The van der Waals surface area contributed by atoms with Gasteiger partial charge < -0.3 is 5.73 Å². The van der Waals surface area contributed by atoms with Crippen LogP contribution in [0.3, 0.4) is 0 Å². The van der Waals surface area contributed by atoms with Gasteiger partial charge in [0.05, 0.1) is 0 Å². The second kappa shape index (κ2) is 3.18. The maximum atomic E-state index is 5.67. The predicted molar refractivity (Wildman–Crippen MR) is 38.3 cm³/mol. The standard InChI is InChI=1S/C7H15N2/c1-6(8)7-4-2-3-5-9-7/h6-7H,2-5,8H2,1H3. The number of rotatable bonds is 1. The molecule has 2 unspecified atom stereocenters. The summed E-state index contributed by atoms with van der Waals surface area (Å²) in [7, 11) is 0. The molecule has 1 fully saturated rings. The molecule has 2 nitrogen and oxygen atoms in total. The van der Waals surface area contributed by atoms with Crippen molar-refractivity contribution in [3.63, 3.8) is 0 Å². The van der Waals surface area contributed by atoms with Gasteiger partial charge in [-0.15, -0.1) is 0 Å². The van der Waals surface area contributed by atoms with Crippen LogP contribution in [-0.2, 0) is 0 Å². The Kier molecular flexibility index (Phi) is 2.49. The zero-order chi connectivity index (χ0) is 6.69. The molecule has 1 heterocycles. The smallest absolute Gasteiger partial charge is 0.0394 e. The summed E-state index contributed by atoms with van der Waals surface area (Å²) in [6.45, 7) is 3.08. The van der Waals surface area contributed by atoms with E-state index in [9.17, 15) is 0 Å². The Bertz CT molecular complexity index is 75.0. The molecule has 2 atom stereocenters. The third-order valence-electron chi connectivity index (χ3n) is 1.88. The first kappa shape index (κ1) is 7.03. The van der Waals surface area contributed by atoms with E-state index in [0.29, 0.717) is 6.04 Å². The van der Waals surface area contributed by atoms with Gasteiger partial charge in [-0.3, -0.25) is 0 Å². The van der Waals surface area contributed by atoms with Gasteiger partial charge in [0, 0.05) is 18.6 Å². The highest BCUT2D eigenvalue weighted by Gasteiger charge is 2.16. The van der Waals surface area contributed by atoms with Crippen LogP contribution in [-0.4, -0.2) is 18.6 Å². The molecule has 1 aliphatic heterocycles. The van der Waals surface area contributed by atoms with Gasteiger partial charge in [0.1, 0.15) is 0 Å². The molecule has 0 aliphatic carbocycles. The molecule has 1 aliphatic rings. The highest BCUT2D eigenvalue weighted by molar-refractivity contribution is 4.78. The molecule has 53 valence electrons. The van der Waals surface area contributed by atoms with Gasteiger partial charge in [0.25, 0.3) is 0 Å². The van der Waals surface area contributed by atoms with E-state index in [2.05, 4.69) is 5.32 Å². The highest BCUT2D eigenvalue weighted by atomic mass is 15.0. The Labute approximate surface area is 56.8 Å². The van der Waals surface area contributed by atoms with E-state index in [1.165, 1.54) is 19.3 Å². The summed E-state index contributed by atoms with van der Waals surface area (Å²) < 4.78 is 0.